The highest BCUT2D eigenvalue weighted by molar-refractivity contribution is 5.97. The first-order valence-corrected chi connectivity index (χ1v) is 7.62. The molecule has 3 N–H and O–H groups in total. The van der Waals surface area contributed by atoms with Crippen LogP contribution in [-0.2, 0) is 11.3 Å². The van der Waals surface area contributed by atoms with Crippen LogP contribution in [0.4, 0.5) is 0 Å². The van der Waals surface area contributed by atoms with Crippen LogP contribution in [0, 0.1) is 17.2 Å². The lowest BCUT2D eigenvalue weighted by atomic mass is 9.82. The Morgan fingerprint density at radius 3 is 2.48 bits per heavy atom. The number of methoxy groups -OCH3 is 1. The van der Waals surface area contributed by atoms with Crippen LogP contribution in [0.5, 0.6) is 5.75 Å². The maximum atomic E-state index is 7.52. The van der Waals surface area contributed by atoms with Crippen molar-refractivity contribution in [2.24, 2.45) is 17.6 Å². The molecule has 1 aliphatic carbocycles. The van der Waals surface area contributed by atoms with Crippen molar-refractivity contribution in [3.63, 3.8) is 0 Å². The van der Waals surface area contributed by atoms with Gasteiger partial charge in [-0.15, -0.1) is 0 Å². The van der Waals surface area contributed by atoms with Gasteiger partial charge in [-0.1, -0.05) is 19.9 Å². The van der Waals surface area contributed by atoms with Gasteiger partial charge in [0, 0.05) is 0 Å². The zero-order chi connectivity index (χ0) is 15.4. The molecule has 0 bridgehead atoms. The predicted octanol–water partition coefficient (Wildman–Crippen LogP) is 3.32. The summed E-state index contributed by atoms with van der Waals surface area (Å²) in [5, 5.41) is 7.52. The van der Waals surface area contributed by atoms with E-state index in [4.69, 9.17) is 20.6 Å². The molecule has 116 valence electrons. The van der Waals surface area contributed by atoms with E-state index < -0.39 is 0 Å². The molecule has 2 unspecified atom stereocenters. The topological polar surface area (TPSA) is 68.3 Å². The van der Waals surface area contributed by atoms with Gasteiger partial charge in [-0.05, 0) is 48.8 Å². The maximum Gasteiger partial charge on any atom is 0.130 e. The first kappa shape index (κ1) is 15.8. The van der Waals surface area contributed by atoms with Crippen LogP contribution in [0.25, 0.3) is 0 Å². The monoisotopic (exact) mass is 290 g/mol. The minimum Gasteiger partial charge on any atom is -0.496 e. The number of nitrogens with one attached hydrogen (secondary N) is 1. The summed E-state index contributed by atoms with van der Waals surface area (Å²) in [5.41, 5.74) is 7.22. The van der Waals surface area contributed by atoms with Gasteiger partial charge in [0.2, 0.25) is 0 Å². The van der Waals surface area contributed by atoms with Gasteiger partial charge < -0.3 is 15.2 Å². The molecule has 1 saturated carbocycles. The van der Waals surface area contributed by atoms with Crippen LogP contribution in [0.15, 0.2) is 18.2 Å². The van der Waals surface area contributed by atoms with Gasteiger partial charge >= 0.3 is 0 Å². The lowest BCUT2D eigenvalue weighted by Crippen LogP contribution is -2.26. The number of nitrogen functional groups attached to an aromatic ring is 1. The molecule has 2 rings (SSSR count). The van der Waals surface area contributed by atoms with Crippen molar-refractivity contribution >= 4 is 5.84 Å². The Morgan fingerprint density at radius 1 is 1.24 bits per heavy atom. The Morgan fingerprint density at radius 2 is 1.90 bits per heavy atom. The second-order valence-electron chi connectivity index (χ2n) is 6.30. The molecule has 0 amide bonds. The minimum atomic E-state index is 0.0225. The summed E-state index contributed by atoms with van der Waals surface area (Å²) in [6.07, 6.45) is 3.95. The van der Waals surface area contributed by atoms with Gasteiger partial charge in [-0.2, -0.15) is 0 Å². The van der Waals surface area contributed by atoms with Crippen molar-refractivity contribution in [2.75, 3.05) is 7.11 Å². The molecule has 2 atom stereocenters. The van der Waals surface area contributed by atoms with Crippen LogP contribution in [0.3, 0.4) is 0 Å². The van der Waals surface area contributed by atoms with E-state index >= 15 is 0 Å². The van der Waals surface area contributed by atoms with E-state index in [0.29, 0.717) is 24.0 Å². The number of rotatable bonds is 5. The average molecular weight is 290 g/mol. The molecule has 1 fully saturated rings. The molecule has 0 saturated heterocycles. The van der Waals surface area contributed by atoms with Crippen molar-refractivity contribution in [3.05, 3.63) is 29.3 Å². The molecule has 0 aromatic heterocycles. The molecule has 4 nitrogen and oxygen atoms in total. The number of hydrogen-bond acceptors (Lipinski definition) is 3. The molecule has 0 spiro atoms. The predicted molar refractivity (Wildman–Crippen MR) is 84.8 cm³/mol. The summed E-state index contributed by atoms with van der Waals surface area (Å²) >= 11 is 0. The second kappa shape index (κ2) is 6.94. The highest BCUT2D eigenvalue weighted by atomic mass is 16.5. The lowest BCUT2D eigenvalue weighted by Gasteiger charge is -2.31. The highest BCUT2D eigenvalue weighted by Gasteiger charge is 2.24. The molecule has 0 radical (unpaired) electrons. The van der Waals surface area contributed by atoms with Crippen molar-refractivity contribution in [3.8, 4) is 5.75 Å². The Bertz CT molecular complexity index is 492. The van der Waals surface area contributed by atoms with Crippen LogP contribution < -0.4 is 10.5 Å². The number of hydrogen-bond donors (Lipinski definition) is 2. The van der Waals surface area contributed by atoms with Gasteiger partial charge in [0.25, 0.3) is 0 Å². The molecular formula is C17H26N2O2. The summed E-state index contributed by atoms with van der Waals surface area (Å²) in [4.78, 5) is 0. The van der Waals surface area contributed by atoms with E-state index in [1.807, 2.05) is 18.2 Å². The molecule has 0 heterocycles. The number of amidine groups is 1. The Kier molecular flexibility index (Phi) is 5.23. The normalized spacial score (nSPS) is 25.6. The summed E-state index contributed by atoms with van der Waals surface area (Å²) in [5.74, 6) is 2.14. The summed E-state index contributed by atoms with van der Waals surface area (Å²) in [7, 11) is 1.59. The van der Waals surface area contributed by atoms with E-state index in [2.05, 4.69) is 13.8 Å². The number of benzene rings is 1. The van der Waals surface area contributed by atoms with Crippen molar-refractivity contribution in [1.29, 1.82) is 5.41 Å². The minimum absolute atomic E-state index is 0.0225. The van der Waals surface area contributed by atoms with Crippen molar-refractivity contribution in [1.82, 2.24) is 0 Å². The smallest absolute Gasteiger partial charge is 0.130 e. The molecule has 1 aliphatic rings. The van der Waals surface area contributed by atoms with Gasteiger partial charge in [0.15, 0.2) is 0 Å². The molecule has 0 aliphatic heterocycles. The van der Waals surface area contributed by atoms with E-state index in [-0.39, 0.29) is 5.84 Å². The number of ether oxygens (including phenoxy) is 2. The molecule has 1 aromatic rings. The molecular weight excluding hydrogens is 264 g/mol. The fourth-order valence-electron chi connectivity index (χ4n) is 3.27. The van der Waals surface area contributed by atoms with Gasteiger partial charge in [0.05, 0.1) is 25.4 Å². The summed E-state index contributed by atoms with van der Waals surface area (Å²) < 4.78 is 11.4. The van der Waals surface area contributed by atoms with Crippen LogP contribution >= 0.6 is 0 Å². The Labute approximate surface area is 127 Å². The highest BCUT2D eigenvalue weighted by Crippen LogP contribution is 2.31. The van der Waals surface area contributed by atoms with E-state index in [9.17, 15) is 0 Å². The van der Waals surface area contributed by atoms with Crippen LogP contribution in [-0.4, -0.2) is 19.0 Å². The van der Waals surface area contributed by atoms with E-state index in [1.54, 1.807) is 7.11 Å². The largest absolute Gasteiger partial charge is 0.496 e. The third kappa shape index (κ3) is 4.21. The quantitative estimate of drug-likeness (QED) is 0.645. The van der Waals surface area contributed by atoms with Crippen LogP contribution in [0.2, 0.25) is 0 Å². The fourth-order valence-corrected chi connectivity index (χ4v) is 3.27. The standard InChI is InChI=1S/C17H26N2O2/c1-11-6-12(2)8-14(7-11)21-10-13-4-5-15(17(18)19)16(9-13)20-3/h4-5,9,11-12,14H,6-8,10H2,1-3H3,(H3,18,19). The number of nitrogens with two attached hydrogens (primary N) is 1. The first-order chi connectivity index (χ1) is 9.99. The maximum absolute atomic E-state index is 7.52. The Hall–Kier alpha value is -1.55. The lowest BCUT2D eigenvalue weighted by molar-refractivity contribution is -0.00920. The zero-order valence-electron chi connectivity index (χ0n) is 13.2. The first-order valence-electron chi connectivity index (χ1n) is 7.62. The average Bonchev–Trinajstić information content (AvgIpc) is 2.43. The van der Waals surface area contributed by atoms with E-state index in [0.717, 1.165) is 30.2 Å². The molecule has 21 heavy (non-hydrogen) atoms. The van der Waals surface area contributed by atoms with E-state index in [1.165, 1.54) is 6.42 Å². The van der Waals surface area contributed by atoms with Crippen molar-refractivity contribution < 1.29 is 9.47 Å². The fraction of sp³-hybridized carbons (Fsp3) is 0.588. The SMILES string of the molecule is COc1cc(COC2CC(C)CC(C)C2)ccc1C(=N)N. The third-order valence-corrected chi connectivity index (χ3v) is 4.18. The molecule has 1 aromatic carbocycles. The zero-order valence-corrected chi connectivity index (χ0v) is 13.2. The summed E-state index contributed by atoms with van der Waals surface area (Å²) in [6.45, 7) is 5.19. The Balaban J connectivity index is 1.98. The van der Waals surface area contributed by atoms with Gasteiger partial charge in [-0.25, -0.2) is 0 Å². The summed E-state index contributed by atoms with van der Waals surface area (Å²) in [6, 6.07) is 5.69. The van der Waals surface area contributed by atoms with Crippen LogP contribution in [0.1, 0.15) is 44.2 Å². The second-order valence-corrected chi connectivity index (χ2v) is 6.30. The van der Waals surface area contributed by atoms with Crippen molar-refractivity contribution in [2.45, 2.75) is 45.8 Å². The van der Waals surface area contributed by atoms with Gasteiger partial charge in [0.1, 0.15) is 11.6 Å². The third-order valence-electron chi connectivity index (χ3n) is 4.18. The molecule has 4 heteroatoms. The van der Waals surface area contributed by atoms with Gasteiger partial charge in [-0.3, -0.25) is 5.41 Å².